The molecule has 0 fully saturated rings. The topological polar surface area (TPSA) is 72.4 Å². The Balaban J connectivity index is 1.82. The van der Waals surface area contributed by atoms with Crippen molar-refractivity contribution in [2.24, 2.45) is 0 Å². The number of nitrogens with zero attached hydrogens (tertiary/aromatic N) is 2. The zero-order chi connectivity index (χ0) is 21.3. The normalized spacial score (nSPS) is 10.4. The van der Waals surface area contributed by atoms with Crippen LogP contribution in [0, 0.1) is 0 Å². The van der Waals surface area contributed by atoms with E-state index in [-0.39, 0.29) is 0 Å². The Morgan fingerprint density at radius 3 is 2.03 bits per heavy atom. The Kier molecular flexibility index (Phi) is 7.51. The van der Waals surface area contributed by atoms with Gasteiger partial charge in [0.05, 0.1) is 14.2 Å². The van der Waals surface area contributed by atoms with E-state index >= 15 is 0 Å². The van der Waals surface area contributed by atoms with Crippen LogP contribution in [0.4, 0.5) is 23.0 Å². The van der Waals surface area contributed by atoms with Gasteiger partial charge in [0.2, 0.25) is 0 Å². The van der Waals surface area contributed by atoms with E-state index in [0.29, 0.717) is 10.9 Å². The summed E-state index contributed by atoms with van der Waals surface area (Å²) < 4.78 is 12.1. The lowest BCUT2D eigenvalue weighted by Crippen LogP contribution is -2.30. The fraction of sp³-hybridized carbons (Fsp3) is 0.273. The van der Waals surface area contributed by atoms with Gasteiger partial charge >= 0.3 is 0 Å². The summed E-state index contributed by atoms with van der Waals surface area (Å²) in [5, 5.41) is 15.1. The summed E-state index contributed by atoms with van der Waals surface area (Å²) in [7, 11) is 3.29. The quantitative estimate of drug-likeness (QED) is 0.332. The molecule has 3 rings (SSSR count). The number of methoxy groups -OCH3 is 2. The summed E-state index contributed by atoms with van der Waals surface area (Å²) in [4.78, 5) is 0. The molecule has 0 aliphatic rings. The number of thiocarbonyl (C=S) groups is 1. The van der Waals surface area contributed by atoms with Gasteiger partial charge in [-0.2, -0.15) is 4.68 Å². The molecule has 8 heteroatoms. The van der Waals surface area contributed by atoms with Crippen molar-refractivity contribution in [1.82, 2.24) is 15.1 Å². The van der Waals surface area contributed by atoms with Crippen molar-refractivity contribution in [3.8, 4) is 11.5 Å². The number of ether oxygens (including phenoxy) is 2. The SMILES string of the molecule is CCCCNC(=S)n1nc(Nc2ccc(OC)cc2)cc1Nc1ccc(OC)cc1. The summed E-state index contributed by atoms with van der Waals surface area (Å²) in [6.45, 7) is 2.95. The second kappa shape index (κ2) is 10.5. The smallest absolute Gasteiger partial charge is 0.196 e. The van der Waals surface area contributed by atoms with Crippen LogP contribution >= 0.6 is 12.2 Å². The average molecular weight is 426 g/mol. The maximum absolute atomic E-state index is 5.57. The van der Waals surface area contributed by atoms with Gasteiger partial charge in [0, 0.05) is 24.0 Å². The molecule has 2 aromatic carbocycles. The van der Waals surface area contributed by atoms with Crippen molar-refractivity contribution >= 4 is 40.3 Å². The van der Waals surface area contributed by atoms with E-state index < -0.39 is 0 Å². The Bertz CT molecular complexity index is 955. The molecule has 30 heavy (non-hydrogen) atoms. The van der Waals surface area contributed by atoms with Gasteiger partial charge in [0.25, 0.3) is 0 Å². The summed E-state index contributed by atoms with van der Waals surface area (Å²) in [5.74, 6) is 3.03. The summed E-state index contributed by atoms with van der Waals surface area (Å²) in [5.41, 5.74) is 1.81. The number of hydrogen-bond acceptors (Lipinski definition) is 6. The molecule has 0 saturated heterocycles. The lowest BCUT2D eigenvalue weighted by atomic mass is 10.3. The van der Waals surface area contributed by atoms with Gasteiger partial charge in [-0.15, -0.1) is 5.10 Å². The minimum atomic E-state index is 0.544. The third-order valence-corrected chi connectivity index (χ3v) is 4.75. The van der Waals surface area contributed by atoms with E-state index in [2.05, 4.69) is 28.0 Å². The van der Waals surface area contributed by atoms with E-state index in [1.807, 2.05) is 54.6 Å². The van der Waals surface area contributed by atoms with Crippen LogP contribution < -0.4 is 25.4 Å². The van der Waals surface area contributed by atoms with Crippen LogP contribution in [-0.4, -0.2) is 35.7 Å². The van der Waals surface area contributed by atoms with Gasteiger partial charge in [0.15, 0.2) is 10.9 Å². The van der Waals surface area contributed by atoms with Crippen LogP contribution in [0.25, 0.3) is 0 Å². The number of rotatable bonds is 9. The number of aromatic nitrogens is 2. The van der Waals surface area contributed by atoms with E-state index in [4.69, 9.17) is 21.7 Å². The number of hydrogen-bond donors (Lipinski definition) is 3. The number of nitrogens with one attached hydrogen (secondary N) is 3. The number of benzene rings is 2. The third kappa shape index (κ3) is 5.64. The highest BCUT2D eigenvalue weighted by atomic mass is 32.1. The monoisotopic (exact) mass is 425 g/mol. The maximum Gasteiger partial charge on any atom is 0.196 e. The molecule has 3 aromatic rings. The van der Waals surface area contributed by atoms with Gasteiger partial charge in [-0.1, -0.05) is 13.3 Å². The lowest BCUT2D eigenvalue weighted by Gasteiger charge is -2.12. The van der Waals surface area contributed by atoms with Gasteiger partial charge in [-0.05, 0) is 67.2 Å². The van der Waals surface area contributed by atoms with Crippen molar-refractivity contribution in [3.05, 3.63) is 54.6 Å². The van der Waals surface area contributed by atoms with E-state index in [1.165, 1.54) is 0 Å². The van der Waals surface area contributed by atoms with Crippen molar-refractivity contribution < 1.29 is 9.47 Å². The molecule has 0 radical (unpaired) electrons. The summed E-state index contributed by atoms with van der Waals surface area (Å²) in [6, 6.07) is 17.3. The predicted molar refractivity (Wildman–Crippen MR) is 126 cm³/mol. The first-order valence-corrected chi connectivity index (χ1v) is 10.2. The second-order valence-electron chi connectivity index (χ2n) is 6.62. The molecule has 0 aliphatic heterocycles. The zero-order valence-electron chi connectivity index (χ0n) is 17.4. The molecule has 1 heterocycles. The molecule has 0 saturated carbocycles. The molecule has 158 valence electrons. The van der Waals surface area contributed by atoms with Gasteiger partial charge in [0.1, 0.15) is 17.3 Å². The molecule has 0 amide bonds. The molecule has 0 aliphatic carbocycles. The summed E-state index contributed by atoms with van der Waals surface area (Å²) >= 11 is 5.57. The predicted octanol–water partition coefficient (Wildman–Crippen LogP) is 4.91. The highest BCUT2D eigenvalue weighted by Crippen LogP contribution is 2.25. The largest absolute Gasteiger partial charge is 0.497 e. The van der Waals surface area contributed by atoms with Gasteiger partial charge in [-0.3, -0.25) is 0 Å². The van der Waals surface area contributed by atoms with Crippen LogP contribution in [0.5, 0.6) is 11.5 Å². The molecule has 0 atom stereocenters. The average Bonchev–Trinajstić information content (AvgIpc) is 3.17. The molecular weight excluding hydrogens is 398 g/mol. The Morgan fingerprint density at radius 1 is 0.933 bits per heavy atom. The minimum Gasteiger partial charge on any atom is -0.497 e. The Morgan fingerprint density at radius 2 is 1.50 bits per heavy atom. The second-order valence-corrected chi connectivity index (χ2v) is 7.01. The van der Waals surface area contributed by atoms with Crippen molar-refractivity contribution in [2.45, 2.75) is 19.8 Å². The maximum atomic E-state index is 5.57. The van der Waals surface area contributed by atoms with E-state index in [9.17, 15) is 0 Å². The first-order chi connectivity index (χ1) is 14.6. The van der Waals surface area contributed by atoms with E-state index in [1.54, 1.807) is 18.9 Å². The van der Waals surface area contributed by atoms with Crippen LogP contribution in [0.3, 0.4) is 0 Å². The van der Waals surface area contributed by atoms with Gasteiger partial charge in [-0.25, -0.2) is 0 Å². The first-order valence-electron chi connectivity index (χ1n) is 9.83. The lowest BCUT2D eigenvalue weighted by molar-refractivity contribution is 0.415. The molecule has 1 aromatic heterocycles. The standard InChI is InChI=1S/C22H27N5O2S/c1-4-5-14-23-22(30)27-21(25-17-8-12-19(29-3)13-9-17)15-20(26-27)24-16-6-10-18(28-2)11-7-16/h6-13,15,25H,4-5,14H2,1-3H3,(H,23,30)(H,24,26). The van der Waals surface area contributed by atoms with Crippen LogP contribution in [-0.2, 0) is 0 Å². The molecular formula is C22H27N5O2S. The third-order valence-electron chi connectivity index (χ3n) is 4.43. The molecule has 0 spiro atoms. The highest BCUT2D eigenvalue weighted by molar-refractivity contribution is 7.80. The molecule has 7 nitrogen and oxygen atoms in total. The number of unbranched alkanes of at least 4 members (excludes halogenated alkanes) is 1. The zero-order valence-corrected chi connectivity index (χ0v) is 18.3. The molecule has 0 unspecified atom stereocenters. The Labute approximate surface area is 182 Å². The van der Waals surface area contributed by atoms with Crippen LogP contribution in [0.1, 0.15) is 19.8 Å². The van der Waals surface area contributed by atoms with Crippen molar-refractivity contribution in [2.75, 3.05) is 31.4 Å². The molecule has 3 N–H and O–H groups in total. The summed E-state index contributed by atoms with van der Waals surface area (Å²) in [6.07, 6.45) is 2.13. The van der Waals surface area contributed by atoms with Crippen molar-refractivity contribution in [3.63, 3.8) is 0 Å². The fourth-order valence-corrected chi connectivity index (χ4v) is 3.02. The first kappa shape index (κ1) is 21.4. The highest BCUT2D eigenvalue weighted by Gasteiger charge is 2.12. The van der Waals surface area contributed by atoms with E-state index in [0.717, 1.165) is 48.1 Å². The fourth-order valence-electron chi connectivity index (χ4n) is 2.78. The van der Waals surface area contributed by atoms with Crippen molar-refractivity contribution in [1.29, 1.82) is 0 Å². The van der Waals surface area contributed by atoms with Crippen LogP contribution in [0.15, 0.2) is 54.6 Å². The van der Waals surface area contributed by atoms with Crippen LogP contribution in [0.2, 0.25) is 0 Å². The molecule has 0 bridgehead atoms. The Hall–Kier alpha value is -3.26. The minimum absolute atomic E-state index is 0.544. The number of anilines is 4. The van der Waals surface area contributed by atoms with Gasteiger partial charge < -0.3 is 25.4 Å².